The number of nitrogens with one attached hydrogen (secondary N) is 1. The fraction of sp³-hybridized carbons (Fsp3) is 0.957. The van der Waals surface area contributed by atoms with E-state index in [0.29, 0.717) is 6.42 Å². The lowest BCUT2D eigenvalue weighted by Gasteiger charge is -2.48. The van der Waals surface area contributed by atoms with Gasteiger partial charge in [0, 0.05) is 6.54 Å². The summed E-state index contributed by atoms with van der Waals surface area (Å²) >= 11 is 0. The Morgan fingerprint density at radius 2 is 1.58 bits per heavy atom. The number of hydrogen-bond acceptors (Lipinski definition) is 14. The van der Waals surface area contributed by atoms with Crippen molar-refractivity contribution in [2.45, 2.75) is 119 Å². The molecule has 0 spiro atoms. The van der Waals surface area contributed by atoms with Crippen LogP contribution >= 0.6 is 0 Å². The maximum atomic E-state index is 12.5. The van der Waals surface area contributed by atoms with Crippen LogP contribution in [-0.4, -0.2) is 141 Å². The van der Waals surface area contributed by atoms with E-state index in [4.69, 9.17) is 30.4 Å². The molecule has 2 saturated heterocycles. The number of carbonyl (C=O) groups excluding carboxylic acids is 1. The van der Waals surface area contributed by atoms with Gasteiger partial charge in [0.2, 0.25) is 5.91 Å². The lowest BCUT2D eigenvalue weighted by atomic mass is 9.79. The molecule has 1 saturated carbocycles. The Labute approximate surface area is 220 Å². The van der Waals surface area contributed by atoms with Gasteiger partial charge < -0.3 is 71.5 Å². The van der Waals surface area contributed by atoms with Crippen LogP contribution in [0.2, 0.25) is 0 Å². The SMILES string of the molecule is CCC[C@H](O)C(=O)N[C@@H]1CC(C)[C@@H](O[C@H]2OC(CO)[C@@H](O)C(O)C2N)C(O[C@@H]2O[C@H](CN)C(O)[C@@H]2O)C1O. The zero-order valence-corrected chi connectivity index (χ0v) is 21.5. The number of hydrogen-bond donors (Lipinski definition) is 10. The monoisotopic (exact) mass is 553 g/mol. The maximum absolute atomic E-state index is 12.5. The van der Waals surface area contributed by atoms with Crippen molar-refractivity contribution < 1.29 is 59.5 Å². The summed E-state index contributed by atoms with van der Waals surface area (Å²) in [4.78, 5) is 12.5. The molecule has 0 bridgehead atoms. The summed E-state index contributed by atoms with van der Waals surface area (Å²) < 4.78 is 23.1. The first kappa shape index (κ1) is 31.5. The van der Waals surface area contributed by atoms with Gasteiger partial charge >= 0.3 is 0 Å². The molecular weight excluding hydrogens is 510 g/mol. The van der Waals surface area contributed by atoms with E-state index in [-0.39, 0.29) is 19.4 Å². The summed E-state index contributed by atoms with van der Waals surface area (Å²) in [5.41, 5.74) is 11.6. The van der Waals surface area contributed by atoms with Crippen LogP contribution in [0, 0.1) is 5.92 Å². The van der Waals surface area contributed by atoms with Gasteiger partial charge in [0.15, 0.2) is 12.6 Å². The molecule has 15 nitrogen and oxygen atoms in total. The van der Waals surface area contributed by atoms with E-state index >= 15 is 0 Å². The zero-order chi connectivity index (χ0) is 28.3. The Morgan fingerprint density at radius 1 is 0.974 bits per heavy atom. The first-order valence-electron chi connectivity index (χ1n) is 13.0. The number of carbonyl (C=O) groups is 1. The Morgan fingerprint density at radius 3 is 2.16 bits per heavy atom. The van der Waals surface area contributed by atoms with Gasteiger partial charge in [-0.25, -0.2) is 0 Å². The average molecular weight is 554 g/mol. The number of rotatable bonds is 10. The van der Waals surface area contributed by atoms with Crippen molar-refractivity contribution in [3.8, 4) is 0 Å². The van der Waals surface area contributed by atoms with Gasteiger partial charge in [-0.15, -0.1) is 0 Å². The van der Waals surface area contributed by atoms with Crippen molar-refractivity contribution >= 4 is 5.91 Å². The van der Waals surface area contributed by atoms with Gasteiger partial charge in [0.05, 0.1) is 24.8 Å². The summed E-state index contributed by atoms with van der Waals surface area (Å²) in [7, 11) is 0. The number of amides is 1. The fourth-order valence-electron chi connectivity index (χ4n) is 5.18. The minimum atomic E-state index is -1.50. The van der Waals surface area contributed by atoms with Crippen LogP contribution in [0.25, 0.3) is 0 Å². The molecule has 38 heavy (non-hydrogen) atoms. The molecule has 15 atom stereocenters. The van der Waals surface area contributed by atoms with E-state index < -0.39 is 104 Å². The van der Waals surface area contributed by atoms with Gasteiger partial charge in [-0.3, -0.25) is 4.79 Å². The van der Waals surface area contributed by atoms with E-state index in [1.54, 1.807) is 6.92 Å². The standard InChI is InChI=1S/C23H43N3O12/c1-3-4-10(28)21(34)26-9-5-8(2)19(37-22-13(25)17(32)16(31)12(7-27)36-22)20(14(9)29)38-23-18(33)15(30)11(6-24)35-23/h8-20,22-23,27-33H,3-7,24-25H2,1-2H3,(H,26,34)/t8?,9-,10+,11-,12?,13?,14?,15?,16-,17?,18+,19-,20?,22-,23+/m1/s1. The predicted molar refractivity (Wildman–Crippen MR) is 128 cm³/mol. The molecule has 0 radical (unpaired) electrons. The molecule has 7 unspecified atom stereocenters. The lowest BCUT2D eigenvalue weighted by molar-refractivity contribution is -0.315. The molecule has 1 aliphatic carbocycles. The van der Waals surface area contributed by atoms with Crippen LogP contribution in [0.3, 0.4) is 0 Å². The molecule has 2 heterocycles. The number of nitrogens with two attached hydrogens (primary N) is 2. The van der Waals surface area contributed by atoms with Crippen molar-refractivity contribution in [3.63, 3.8) is 0 Å². The second-order valence-electron chi connectivity index (χ2n) is 10.4. The minimum absolute atomic E-state index is 0.108. The quantitative estimate of drug-likeness (QED) is 0.121. The van der Waals surface area contributed by atoms with Crippen LogP contribution in [0.4, 0.5) is 0 Å². The number of aliphatic hydroxyl groups excluding tert-OH is 7. The van der Waals surface area contributed by atoms with E-state index in [1.165, 1.54) is 0 Å². The zero-order valence-electron chi connectivity index (χ0n) is 21.5. The summed E-state index contributed by atoms with van der Waals surface area (Å²) in [5.74, 6) is -1.13. The summed E-state index contributed by atoms with van der Waals surface area (Å²) in [5, 5.41) is 74.6. The molecule has 0 aromatic heterocycles. The molecule has 222 valence electrons. The average Bonchev–Trinajstić information content (AvgIpc) is 3.16. The van der Waals surface area contributed by atoms with Gasteiger partial charge in [0.25, 0.3) is 0 Å². The van der Waals surface area contributed by atoms with Crippen LogP contribution in [-0.2, 0) is 23.7 Å². The first-order chi connectivity index (χ1) is 17.9. The Hall–Kier alpha value is -1.05. The lowest BCUT2D eigenvalue weighted by Crippen LogP contribution is -2.66. The highest BCUT2D eigenvalue weighted by molar-refractivity contribution is 5.80. The van der Waals surface area contributed by atoms with Crippen molar-refractivity contribution in [3.05, 3.63) is 0 Å². The van der Waals surface area contributed by atoms with Gasteiger partial charge in [-0.1, -0.05) is 20.3 Å². The van der Waals surface area contributed by atoms with Crippen molar-refractivity contribution in [2.24, 2.45) is 17.4 Å². The molecule has 3 rings (SSSR count). The summed E-state index contributed by atoms with van der Waals surface area (Å²) in [6, 6.07) is -2.11. The fourth-order valence-corrected chi connectivity index (χ4v) is 5.18. The largest absolute Gasteiger partial charge is 0.394 e. The Balaban J connectivity index is 1.84. The molecule has 12 N–H and O–H groups in total. The summed E-state index contributed by atoms with van der Waals surface area (Å²) in [6.07, 6.45) is -14.7. The van der Waals surface area contributed by atoms with Crippen molar-refractivity contribution in [1.82, 2.24) is 5.32 Å². The molecule has 3 fully saturated rings. The molecule has 0 aromatic rings. The van der Waals surface area contributed by atoms with Gasteiger partial charge in [0.1, 0.15) is 54.9 Å². The highest BCUT2D eigenvalue weighted by Gasteiger charge is 2.52. The molecule has 3 aliphatic rings. The molecule has 0 aromatic carbocycles. The number of aliphatic hydroxyl groups is 7. The topological polar surface area (TPSA) is 260 Å². The predicted octanol–water partition coefficient (Wildman–Crippen LogP) is -5.02. The van der Waals surface area contributed by atoms with Crippen LogP contribution < -0.4 is 16.8 Å². The second kappa shape index (κ2) is 13.5. The van der Waals surface area contributed by atoms with Crippen LogP contribution in [0.5, 0.6) is 0 Å². The van der Waals surface area contributed by atoms with E-state index in [0.717, 1.165) is 0 Å². The van der Waals surface area contributed by atoms with Crippen molar-refractivity contribution in [2.75, 3.05) is 13.2 Å². The van der Waals surface area contributed by atoms with Gasteiger partial charge in [-0.2, -0.15) is 0 Å². The van der Waals surface area contributed by atoms with Gasteiger partial charge in [-0.05, 0) is 18.8 Å². The van der Waals surface area contributed by atoms with Crippen molar-refractivity contribution in [1.29, 1.82) is 0 Å². The van der Waals surface area contributed by atoms with Crippen LogP contribution in [0.1, 0.15) is 33.1 Å². The Kier molecular flexibility index (Phi) is 11.2. The third-order valence-corrected chi connectivity index (χ3v) is 7.51. The highest BCUT2D eigenvalue weighted by Crippen LogP contribution is 2.35. The minimum Gasteiger partial charge on any atom is -0.394 e. The molecule has 2 aliphatic heterocycles. The van der Waals surface area contributed by atoms with Crippen LogP contribution in [0.15, 0.2) is 0 Å². The molecule has 1 amide bonds. The first-order valence-corrected chi connectivity index (χ1v) is 13.0. The molecule has 15 heteroatoms. The summed E-state index contributed by atoms with van der Waals surface area (Å²) in [6.45, 7) is 2.82. The third kappa shape index (κ3) is 6.63. The van der Waals surface area contributed by atoms with E-state index in [2.05, 4.69) is 5.32 Å². The van der Waals surface area contributed by atoms with E-state index in [1.807, 2.05) is 6.92 Å². The Bertz CT molecular complexity index is 765. The van der Waals surface area contributed by atoms with E-state index in [9.17, 15) is 40.5 Å². The normalized spacial score (nSPS) is 46.6. The number of ether oxygens (including phenoxy) is 4. The smallest absolute Gasteiger partial charge is 0.249 e. The second-order valence-corrected chi connectivity index (χ2v) is 10.4. The maximum Gasteiger partial charge on any atom is 0.249 e. The highest BCUT2D eigenvalue weighted by atomic mass is 16.7. The molecular formula is C23H43N3O12. The third-order valence-electron chi connectivity index (χ3n) is 7.51.